The summed E-state index contributed by atoms with van der Waals surface area (Å²) in [5.41, 5.74) is 15.9. The summed E-state index contributed by atoms with van der Waals surface area (Å²) in [4.78, 5) is 0. The molecule has 0 saturated carbocycles. The van der Waals surface area contributed by atoms with Gasteiger partial charge in [-0.25, -0.2) is 0 Å². The molecule has 13 rings (SSSR count). The number of nitrogens with zero attached hydrogens (tertiary/aromatic N) is 2. The van der Waals surface area contributed by atoms with E-state index in [0.717, 1.165) is 44.4 Å². The van der Waals surface area contributed by atoms with E-state index in [0.29, 0.717) is 0 Å². The minimum atomic E-state index is 0.902. The Morgan fingerprint density at radius 3 is 1.87 bits per heavy atom. The zero-order chi connectivity index (χ0) is 39.3. The van der Waals surface area contributed by atoms with E-state index in [1.54, 1.807) is 0 Å². The van der Waals surface area contributed by atoms with Crippen molar-refractivity contribution < 1.29 is 4.42 Å². The van der Waals surface area contributed by atoms with Crippen molar-refractivity contribution in [1.29, 1.82) is 0 Å². The Hall–Kier alpha value is -7.66. The minimum Gasteiger partial charge on any atom is -0.455 e. The third kappa shape index (κ3) is 4.83. The van der Waals surface area contributed by atoms with Crippen LogP contribution in [-0.2, 0) is 0 Å². The van der Waals surface area contributed by atoms with E-state index >= 15 is 0 Å². The fraction of sp³-hybridized carbons (Fsp3) is 0. The average Bonchev–Trinajstić information content (AvgIpc) is 4.09. The van der Waals surface area contributed by atoms with Crippen molar-refractivity contribution >= 4 is 87.0 Å². The molecule has 0 saturated heterocycles. The van der Waals surface area contributed by atoms with Gasteiger partial charge in [-0.05, 0) is 76.2 Å². The second-order valence-corrected chi connectivity index (χ2v) is 16.5. The molecule has 0 aliphatic carbocycles. The molecule has 3 nitrogen and oxygen atoms in total. The molecule has 0 unspecified atom stereocenters. The predicted octanol–water partition coefficient (Wildman–Crippen LogP) is 16.0. The third-order valence-corrected chi connectivity index (χ3v) is 13.3. The lowest BCUT2D eigenvalue weighted by Gasteiger charge is -2.14. The van der Waals surface area contributed by atoms with Crippen LogP contribution in [0.1, 0.15) is 0 Å². The summed E-state index contributed by atoms with van der Waals surface area (Å²) in [5.74, 6) is 0. The predicted molar refractivity (Wildman–Crippen MR) is 254 cm³/mol. The summed E-state index contributed by atoms with van der Waals surface area (Å²) in [6.07, 6.45) is 0. The van der Waals surface area contributed by atoms with Crippen LogP contribution in [0.3, 0.4) is 0 Å². The summed E-state index contributed by atoms with van der Waals surface area (Å²) < 4.78 is 12.9. The van der Waals surface area contributed by atoms with Crippen LogP contribution in [0.15, 0.2) is 210 Å². The number of thiophene rings is 1. The van der Waals surface area contributed by atoms with Crippen molar-refractivity contribution in [1.82, 2.24) is 9.13 Å². The van der Waals surface area contributed by atoms with Gasteiger partial charge in [-0.15, -0.1) is 11.3 Å². The van der Waals surface area contributed by atoms with Gasteiger partial charge in [-0.3, -0.25) is 0 Å². The molecule has 0 spiro atoms. The second kappa shape index (κ2) is 12.9. The zero-order valence-corrected chi connectivity index (χ0v) is 33.2. The highest BCUT2D eigenvalue weighted by Gasteiger charge is 2.24. The molecule has 13 aromatic rings. The Bertz CT molecular complexity index is 3810. The zero-order valence-electron chi connectivity index (χ0n) is 32.3. The molecular weight excluding hydrogens is 749 g/mol. The highest BCUT2D eigenvalue weighted by Crippen LogP contribution is 2.47. The van der Waals surface area contributed by atoms with Crippen LogP contribution in [0.25, 0.3) is 120 Å². The molecule has 0 fully saturated rings. The van der Waals surface area contributed by atoms with Crippen molar-refractivity contribution in [3.8, 4) is 44.8 Å². The van der Waals surface area contributed by atoms with Crippen LogP contribution in [-0.4, -0.2) is 9.13 Å². The molecule has 0 amide bonds. The van der Waals surface area contributed by atoms with E-state index in [-0.39, 0.29) is 0 Å². The van der Waals surface area contributed by atoms with Crippen LogP contribution in [0, 0.1) is 0 Å². The van der Waals surface area contributed by atoms with Gasteiger partial charge >= 0.3 is 0 Å². The van der Waals surface area contributed by atoms with Gasteiger partial charge in [-0.2, -0.15) is 0 Å². The maximum absolute atomic E-state index is 6.59. The van der Waals surface area contributed by atoms with E-state index in [1.807, 2.05) is 17.4 Å². The molecule has 60 heavy (non-hydrogen) atoms. The lowest BCUT2D eigenvalue weighted by molar-refractivity contribution is 0.670. The summed E-state index contributed by atoms with van der Waals surface area (Å²) in [6, 6.07) is 72.6. The monoisotopic (exact) mass is 782 g/mol. The number of hydrogen-bond donors (Lipinski definition) is 0. The fourth-order valence-electron chi connectivity index (χ4n) is 9.75. The van der Waals surface area contributed by atoms with E-state index in [2.05, 4.69) is 209 Å². The van der Waals surface area contributed by atoms with Gasteiger partial charge in [0.15, 0.2) is 0 Å². The normalized spacial score (nSPS) is 12.0. The van der Waals surface area contributed by atoms with Crippen molar-refractivity contribution in [3.63, 3.8) is 0 Å². The molecular formula is C56H34N2OS. The summed E-state index contributed by atoms with van der Waals surface area (Å²) in [6.45, 7) is 0. The molecule has 4 heterocycles. The SMILES string of the molecule is c1ccc(-c2ccc(-n3c4ccccc4c4ccc5c6c7c(-c8ccccc8)csc7ccc6n(-c6cccc(-c7cccc8c7oc7ccccc78)c6)c5c43)cc2)cc1. The number of aromatic nitrogens is 2. The number of fused-ring (bicyclic) bond motifs is 12. The van der Waals surface area contributed by atoms with Crippen LogP contribution in [0.4, 0.5) is 0 Å². The molecule has 0 aliphatic heterocycles. The standard InChI is InChI=1S/C56H34N2OS/c1-3-13-35(14-4-1)36-25-27-39(28-26-36)57-48-23-9-7-19-42(48)44-29-30-46-52-49(31-32-51-53(52)47(34-60-51)37-15-5-2-6-16-37)58(55(46)54(44)57)40-18-11-17-38(33-40)41-21-12-22-45-43-20-8-10-24-50(43)59-56(41)45/h1-34H. The molecule has 4 aromatic heterocycles. The Balaban J connectivity index is 1.16. The Labute approximate surface area is 349 Å². The maximum atomic E-state index is 6.59. The molecule has 0 bridgehead atoms. The van der Waals surface area contributed by atoms with Crippen LogP contribution >= 0.6 is 11.3 Å². The second-order valence-electron chi connectivity index (χ2n) is 15.6. The third-order valence-electron chi connectivity index (χ3n) is 12.4. The van der Waals surface area contributed by atoms with Crippen molar-refractivity contribution in [2.24, 2.45) is 0 Å². The molecule has 0 aliphatic rings. The Morgan fingerprint density at radius 1 is 0.367 bits per heavy atom. The van der Waals surface area contributed by atoms with E-state index in [1.165, 1.54) is 76.0 Å². The molecule has 0 radical (unpaired) electrons. The molecule has 0 N–H and O–H groups in total. The number of furan rings is 1. The van der Waals surface area contributed by atoms with Crippen molar-refractivity contribution in [2.75, 3.05) is 0 Å². The smallest absolute Gasteiger partial charge is 0.143 e. The summed E-state index contributed by atoms with van der Waals surface area (Å²) in [5, 5.41) is 10.8. The number of hydrogen-bond acceptors (Lipinski definition) is 2. The van der Waals surface area contributed by atoms with Gasteiger partial charge in [0, 0.05) is 64.9 Å². The maximum Gasteiger partial charge on any atom is 0.143 e. The lowest BCUT2D eigenvalue weighted by Crippen LogP contribution is -1.99. The summed E-state index contributed by atoms with van der Waals surface area (Å²) in [7, 11) is 0. The quantitative estimate of drug-likeness (QED) is 0.171. The number of rotatable bonds is 5. The first-order valence-electron chi connectivity index (χ1n) is 20.4. The van der Waals surface area contributed by atoms with Crippen LogP contribution < -0.4 is 0 Å². The summed E-state index contributed by atoms with van der Waals surface area (Å²) >= 11 is 1.82. The Morgan fingerprint density at radius 2 is 1.02 bits per heavy atom. The van der Waals surface area contributed by atoms with E-state index in [9.17, 15) is 0 Å². The molecule has 9 aromatic carbocycles. The van der Waals surface area contributed by atoms with Crippen LogP contribution in [0.5, 0.6) is 0 Å². The van der Waals surface area contributed by atoms with Gasteiger partial charge in [0.1, 0.15) is 11.2 Å². The lowest BCUT2D eigenvalue weighted by atomic mass is 10.00. The molecule has 4 heteroatoms. The van der Waals surface area contributed by atoms with Gasteiger partial charge in [0.2, 0.25) is 0 Å². The topological polar surface area (TPSA) is 23.0 Å². The number of para-hydroxylation sites is 3. The van der Waals surface area contributed by atoms with Gasteiger partial charge < -0.3 is 13.6 Å². The van der Waals surface area contributed by atoms with Crippen molar-refractivity contribution in [2.45, 2.75) is 0 Å². The highest BCUT2D eigenvalue weighted by atomic mass is 32.1. The van der Waals surface area contributed by atoms with Gasteiger partial charge in [-0.1, -0.05) is 152 Å². The van der Waals surface area contributed by atoms with E-state index in [4.69, 9.17) is 4.42 Å². The minimum absolute atomic E-state index is 0.902. The van der Waals surface area contributed by atoms with E-state index < -0.39 is 0 Å². The Kier molecular flexibility index (Phi) is 7.18. The average molecular weight is 783 g/mol. The largest absolute Gasteiger partial charge is 0.455 e. The number of benzene rings is 9. The molecule has 280 valence electrons. The first kappa shape index (κ1) is 33.3. The van der Waals surface area contributed by atoms with Crippen LogP contribution in [0.2, 0.25) is 0 Å². The van der Waals surface area contributed by atoms with Gasteiger partial charge in [0.05, 0.1) is 22.1 Å². The fourth-order valence-corrected chi connectivity index (χ4v) is 10.7. The first-order chi connectivity index (χ1) is 29.8. The first-order valence-corrected chi connectivity index (χ1v) is 21.3. The molecule has 0 atom stereocenters. The van der Waals surface area contributed by atoms with Crippen molar-refractivity contribution in [3.05, 3.63) is 206 Å². The van der Waals surface area contributed by atoms with Gasteiger partial charge in [0.25, 0.3) is 0 Å². The highest BCUT2D eigenvalue weighted by molar-refractivity contribution is 7.18.